The Balaban J connectivity index is 0.000000233. The third kappa shape index (κ3) is 7.96. The quantitative estimate of drug-likeness (QED) is 0.471. The normalized spacial score (nSPS) is 15.9. The summed E-state index contributed by atoms with van der Waals surface area (Å²) in [5.41, 5.74) is 6.21. The molecule has 2 aliphatic heterocycles. The minimum Gasteiger partial charge on any atom is -0.375 e. The summed E-state index contributed by atoms with van der Waals surface area (Å²) in [4.78, 5) is 55.5. The number of ether oxygens (including phenoxy) is 1. The van der Waals surface area contributed by atoms with Gasteiger partial charge in [0.25, 0.3) is 5.91 Å². The third-order valence-corrected chi connectivity index (χ3v) is 7.84. The Morgan fingerprint density at radius 2 is 1.89 bits per heavy atom. The van der Waals surface area contributed by atoms with Crippen molar-refractivity contribution in [2.75, 3.05) is 45.7 Å². The van der Waals surface area contributed by atoms with Gasteiger partial charge in [0.2, 0.25) is 5.91 Å². The summed E-state index contributed by atoms with van der Waals surface area (Å²) in [6.07, 6.45) is 2.15. The van der Waals surface area contributed by atoms with E-state index in [-0.39, 0.29) is 18.6 Å². The monoisotopic (exact) mass is 556 g/mol. The lowest BCUT2D eigenvalue weighted by Crippen LogP contribution is -2.49. The second kappa shape index (κ2) is 13.1. The van der Waals surface area contributed by atoms with Crippen LogP contribution in [0.5, 0.6) is 0 Å². The van der Waals surface area contributed by atoms with Crippen LogP contribution in [0, 0.1) is 0 Å². The number of nitrogens with two attached hydrogens (primary N) is 1. The first-order valence-electron chi connectivity index (χ1n) is 11.3. The SMILES string of the molecule is CN1CCc2nc(C(N)=O)sc2C1.COCC(=O)N1CCC(NC(=O)C(=O)Nc2ccc(Cl)s2)CC1. The molecule has 1 fully saturated rings. The summed E-state index contributed by atoms with van der Waals surface area (Å²) in [6.45, 7) is 3.03. The molecule has 0 bridgehead atoms. The minimum atomic E-state index is -0.721. The van der Waals surface area contributed by atoms with Crippen molar-refractivity contribution in [3.8, 4) is 0 Å². The van der Waals surface area contributed by atoms with Crippen LogP contribution < -0.4 is 16.4 Å². The summed E-state index contributed by atoms with van der Waals surface area (Å²) in [7, 11) is 3.54. The highest BCUT2D eigenvalue weighted by atomic mass is 35.5. The van der Waals surface area contributed by atoms with E-state index in [1.165, 1.54) is 34.7 Å². The van der Waals surface area contributed by atoms with Crippen molar-refractivity contribution in [3.63, 3.8) is 0 Å². The number of likely N-dealkylation sites (N-methyl/N-ethyl adjacent to an activating group) is 1. The molecule has 36 heavy (non-hydrogen) atoms. The third-order valence-electron chi connectivity index (χ3n) is 5.60. The zero-order valence-corrected chi connectivity index (χ0v) is 22.4. The van der Waals surface area contributed by atoms with Crippen LogP contribution in [0.25, 0.3) is 0 Å². The lowest BCUT2D eigenvalue weighted by molar-refractivity contribution is -0.138. The Bertz CT molecular complexity index is 1100. The summed E-state index contributed by atoms with van der Waals surface area (Å²) in [5.74, 6) is -1.88. The van der Waals surface area contributed by atoms with Crippen molar-refractivity contribution in [2.24, 2.45) is 5.73 Å². The topological polar surface area (TPSA) is 147 Å². The predicted octanol–water partition coefficient (Wildman–Crippen LogP) is 1.32. The number of rotatable bonds is 5. The Hall–Kier alpha value is -2.58. The number of piperidine rings is 1. The second-order valence-electron chi connectivity index (χ2n) is 8.36. The Kier molecular flexibility index (Phi) is 10.2. The number of thiophene rings is 1. The Morgan fingerprint density at radius 1 is 1.17 bits per heavy atom. The van der Waals surface area contributed by atoms with E-state index < -0.39 is 17.7 Å². The van der Waals surface area contributed by atoms with Crippen molar-refractivity contribution >= 4 is 62.9 Å². The number of likely N-dealkylation sites (tertiary alicyclic amines) is 1. The fraction of sp³-hybridized carbons (Fsp3) is 0.500. The van der Waals surface area contributed by atoms with E-state index >= 15 is 0 Å². The lowest BCUT2D eigenvalue weighted by atomic mass is 10.0. The van der Waals surface area contributed by atoms with E-state index in [1.807, 2.05) is 0 Å². The van der Waals surface area contributed by atoms with Gasteiger partial charge in [0.05, 0.1) is 15.0 Å². The lowest BCUT2D eigenvalue weighted by Gasteiger charge is -2.32. The number of nitrogens with one attached hydrogen (secondary N) is 2. The van der Waals surface area contributed by atoms with Gasteiger partial charge in [-0.05, 0) is 32.0 Å². The van der Waals surface area contributed by atoms with E-state index in [0.29, 0.717) is 40.3 Å². The number of carbonyl (C=O) groups is 4. The van der Waals surface area contributed by atoms with Crippen LogP contribution in [0.4, 0.5) is 5.00 Å². The van der Waals surface area contributed by atoms with Crippen molar-refractivity contribution in [1.29, 1.82) is 0 Å². The molecule has 4 rings (SSSR count). The molecular weight excluding hydrogens is 528 g/mol. The number of carbonyl (C=O) groups excluding carboxylic acids is 4. The first-order valence-corrected chi connectivity index (χ1v) is 13.3. The highest BCUT2D eigenvalue weighted by molar-refractivity contribution is 7.20. The van der Waals surface area contributed by atoms with Crippen LogP contribution in [0.1, 0.15) is 33.2 Å². The summed E-state index contributed by atoms with van der Waals surface area (Å²) >= 11 is 8.37. The van der Waals surface area contributed by atoms with Gasteiger partial charge in [-0.1, -0.05) is 11.6 Å². The number of hydrogen-bond donors (Lipinski definition) is 3. The second-order valence-corrected chi connectivity index (χ2v) is 11.2. The van der Waals surface area contributed by atoms with Crippen molar-refractivity contribution in [3.05, 3.63) is 32.0 Å². The number of hydrogen-bond acceptors (Lipinski definition) is 9. The maximum atomic E-state index is 11.9. The van der Waals surface area contributed by atoms with E-state index in [0.717, 1.165) is 25.2 Å². The van der Waals surface area contributed by atoms with Crippen LogP contribution in [0.3, 0.4) is 0 Å². The van der Waals surface area contributed by atoms with Gasteiger partial charge in [0.15, 0.2) is 5.01 Å². The number of nitrogens with zero attached hydrogens (tertiary/aromatic N) is 3. The van der Waals surface area contributed by atoms with E-state index in [1.54, 1.807) is 17.0 Å². The summed E-state index contributed by atoms with van der Waals surface area (Å²) < 4.78 is 5.35. The molecule has 2 aliphatic rings. The first kappa shape index (κ1) is 28.0. The number of amides is 4. The zero-order valence-electron chi connectivity index (χ0n) is 20.0. The average molecular weight is 557 g/mol. The zero-order chi connectivity index (χ0) is 26.2. The predicted molar refractivity (Wildman–Crippen MR) is 138 cm³/mol. The molecular formula is C22H29ClN6O5S2. The molecule has 0 atom stereocenters. The van der Waals surface area contributed by atoms with E-state index in [4.69, 9.17) is 22.1 Å². The standard InChI is InChI=1S/C14H18ClN3O4S.C8H11N3OS/c1-22-8-12(19)18-6-4-9(5-7-18)16-13(20)14(21)17-11-3-2-10(15)23-11;1-11-3-2-5-6(4-11)13-8(10-5)7(9)12/h2-3,9H,4-8H2,1H3,(H,16,20)(H,17,21);2-4H2,1H3,(H2,9,12). The van der Waals surface area contributed by atoms with Crippen LogP contribution in [0.15, 0.2) is 12.1 Å². The van der Waals surface area contributed by atoms with Crippen molar-refractivity contribution in [1.82, 2.24) is 20.1 Å². The number of aromatic nitrogens is 1. The first-order chi connectivity index (χ1) is 17.2. The molecule has 4 heterocycles. The van der Waals surface area contributed by atoms with Crippen molar-refractivity contribution < 1.29 is 23.9 Å². The van der Waals surface area contributed by atoms with Crippen LogP contribution in [0.2, 0.25) is 4.34 Å². The molecule has 14 heteroatoms. The molecule has 0 radical (unpaired) electrons. The van der Waals surface area contributed by atoms with Gasteiger partial charge in [-0.15, -0.1) is 22.7 Å². The summed E-state index contributed by atoms with van der Waals surface area (Å²) in [5, 5.41) is 6.15. The number of primary amides is 1. The minimum absolute atomic E-state index is 0.0583. The van der Waals surface area contributed by atoms with Crippen LogP contribution in [-0.2, 0) is 32.1 Å². The smallest absolute Gasteiger partial charge is 0.314 e. The molecule has 4 amide bonds. The molecule has 2 aromatic rings. The fourth-order valence-corrected chi connectivity index (χ4v) is 5.70. The van der Waals surface area contributed by atoms with Gasteiger partial charge >= 0.3 is 11.8 Å². The van der Waals surface area contributed by atoms with Gasteiger partial charge in [0.1, 0.15) is 6.61 Å². The van der Waals surface area contributed by atoms with E-state index in [2.05, 4.69) is 27.6 Å². The molecule has 0 aromatic carbocycles. The molecule has 4 N–H and O–H groups in total. The molecule has 0 saturated carbocycles. The maximum Gasteiger partial charge on any atom is 0.314 e. The number of methoxy groups -OCH3 is 1. The molecule has 0 unspecified atom stereocenters. The van der Waals surface area contributed by atoms with Gasteiger partial charge in [0, 0.05) is 50.6 Å². The largest absolute Gasteiger partial charge is 0.375 e. The Morgan fingerprint density at radius 3 is 2.50 bits per heavy atom. The fourth-order valence-electron chi connectivity index (χ4n) is 3.72. The average Bonchev–Trinajstić information content (AvgIpc) is 3.45. The summed E-state index contributed by atoms with van der Waals surface area (Å²) in [6, 6.07) is 3.16. The number of anilines is 1. The van der Waals surface area contributed by atoms with Gasteiger partial charge in [-0.25, -0.2) is 4.98 Å². The number of halogens is 1. The van der Waals surface area contributed by atoms with Gasteiger partial charge < -0.3 is 30.9 Å². The van der Waals surface area contributed by atoms with Gasteiger partial charge in [-0.2, -0.15) is 0 Å². The number of fused-ring (bicyclic) bond motifs is 1. The molecule has 0 spiro atoms. The highest BCUT2D eigenvalue weighted by Crippen LogP contribution is 2.26. The van der Waals surface area contributed by atoms with Crippen LogP contribution >= 0.6 is 34.3 Å². The molecule has 0 aliphatic carbocycles. The van der Waals surface area contributed by atoms with Crippen LogP contribution in [-0.4, -0.2) is 84.9 Å². The molecule has 2 aromatic heterocycles. The molecule has 1 saturated heterocycles. The maximum absolute atomic E-state index is 11.9. The molecule has 11 nitrogen and oxygen atoms in total. The van der Waals surface area contributed by atoms with E-state index in [9.17, 15) is 19.2 Å². The highest BCUT2D eigenvalue weighted by Gasteiger charge is 2.26. The van der Waals surface area contributed by atoms with Gasteiger partial charge in [-0.3, -0.25) is 19.2 Å². The van der Waals surface area contributed by atoms with Crippen molar-refractivity contribution in [2.45, 2.75) is 31.8 Å². The molecule has 196 valence electrons. The Labute approximate surface area is 221 Å². The number of thiazole rings is 1.